The number of nitrogens with two attached hydrogens (primary N) is 2. The molecule has 6 rings (SSSR count). The summed E-state index contributed by atoms with van der Waals surface area (Å²) in [5.41, 5.74) is 14.7. The molecule has 1 heterocycles. The fourth-order valence-corrected chi connectivity index (χ4v) is 6.22. The molecular weight excluding hydrogens is 530 g/mol. The van der Waals surface area contributed by atoms with E-state index in [4.69, 9.17) is 21.1 Å². The average molecular weight is 564 g/mol. The van der Waals surface area contributed by atoms with Gasteiger partial charge in [0.05, 0.1) is 17.7 Å². The highest BCUT2D eigenvalue weighted by Crippen LogP contribution is 2.32. The summed E-state index contributed by atoms with van der Waals surface area (Å²) in [7, 11) is 0. The van der Waals surface area contributed by atoms with Crippen molar-refractivity contribution in [3.05, 3.63) is 108 Å². The predicted octanol–water partition coefficient (Wildman–Crippen LogP) is 6.56. The third-order valence-electron chi connectivity index (χ3n) is 7.78. The van der Waals surface area contributed by atoms with E-state index < -0.39 is 5.66 Å². The van der Waals surface area contributed by atoms with Gasteiger partial charge in [-0.25, -0.2) is 0 Å². The lowest BCUT2D eigenvalue weighted by atomic mass is 9.89. The molecule has 5 aromatic rings. The van der Waals surface area contributed by atoms with Crippen molar-refractivity contribution < 1.29 is 8.98 Å². The molecule has 0 atom stereocenters. The van der Waals surface area contributed by atoms with E-state index in [2.05, 4.69) is 17.4 Å². The van der Waals surface area contributed by atoms with Crippen molar-refractivity contribution in [2.24, 2.45) is 11.5 Å². The first-order valence-corrected chi connectivity index (χ1v) is 14.6. The minimum atomic E-state index is -0.712. The van der Waals surface area contributed by atoms with Crippen molar-refractivity contribution in [3.63, 3.8) is 0 Å². The van der Waals surface area contributed by atoms with Crippen LogP contribution in [-0.2, 0) is 6.54 Å². The first-order valence-electron chi connectivity index (χ1n) is 13.9. The summed E-state index contributed by atoms with van der Waals surface area (Å²) in [5, 5.41) is 14.2. The van der Waals surface area contributed by atoms with Gasteiger partial charge in [-0.05, 0) is 78.4 Å². The number of hydrogen-bond donors (Lipinski definition) is 4. The molecule has 1 amide bonds. The second-order valence-electron chi connectivity index (χ2n) is 10.8. The molecular formula is C33H33N5O2S. The quantitative estimate of drug-likeness (QED) is 0.0738. The van der Waals surface area contributed by atoms with Crippen molar-refractivity contribution in [2.45, 2.75) is 49.2 Å². The molecule has 0 spiro atoms. The Balaban J connectivity index is 1.42. The van der Waals surface area contributed by atoms with Gasteiger partial charge < -0.3 is 25.5 Å². The molecule has 41 heavy (non-hydrogen) atoms. The number of rotatable bonds is 8. The molecule has 8 heteroatoms. The zero-order valence-electron chi connectivity index (χ0n) is 22.7. The molecule has 0 radical (unpaired) electrons. The summed E-state index contributed by atoms with van der Waals surface area (Å²) in [5.74, 6) is 0.501. The topological polar surface area (TPSA) is 119 Å². The van der Waals surface area contributed by atoms with Gasteiger partial charge in [-0.15, -0.1) is 0 Å². The number of carbonyl (C=O) groups is 1. The van der Waals surface area contributed by atoms with Crippen LogP contribution >= 0.6 is 12.0 Å². The summed E-state index contributed by atoms with van der Waals surface area (Å²) in [6, 6.07) is 29.7. The Labute approximate surface area is 243 Å². The van der Waals surface area contributed by atoms with Gasteiger partial charge >= 0.3 is 0 Å². The number of carbonyl (C=O) groups excluding carboxylic acids is 1. The van der Waals surface area contributed by atoms with Crippen LogP contribution in [0.1, 0.15) is 53.7 Å². The molecule has 208 valence electrons. The Morgan fingerprint density at radius 2 is 1.68 bits per heavy atom. The number of amides is 1. The summed E-state index contributed by atoms with van der Waals surface area (Å²) >= 11 is 1.31. The van der Waals surface area contributed by atoms with E-state index in [-0.39, 0.29) is 11.7 Å². The molecule has 4 aromatic carbocycles. The van der Waals surface area contributed by atoms with Gasteiger partial charge in [0, 0.05) is 27.9 Å². The van der Waals surface area contributed by atoms with Crippen molar-refractivity contribution in [2.75, 3.05) is 0 Å². The lowest BCUT2D eigenvalue weighted by Crippen LogP contribution is -2.57. The van der Waals surface area contributed by atoms with Crippen LogP contribution < -0.4 is 21.0 Å². The molecule has 0 saturated heterocycles. The molecule has 0 unspecified atom stereocenters. The number of nitrogens with zero attached hydrogens (tertiary/aromatic N) is 1. The SMILES string of the molecule is N=C(N)c1ccc2cc(C(=O)NC3(N)CCCCC3)n(Cc3cc(OSc4ccccc4)cc4ccccc34)c2c1. The maximum absolute atomic E-state index is 13.8. The van der Waals surface area contributed by atoms with E-state index in [9.17, 15) is 4.79 Å². The third kappa shape index (κ3) is 5.80. The van der Waals surface area contributed by atoms with E-state index in [1.807, 2.05) is 83.4 Å². The van der Waals surface area contributed by atoms with Crippen molar-refractivity contribution >= 4 is 45.5 Å². The second-order valence-corrected chi connectivity index (χ2v) is 11.6. The number of amidine groups is 1. The van der Waals surface area contributed by atoms with Gasteiger partial charge in [0.1, 0.15) is 17.3 Å². The van der Waals surface area contributed by atoms with Gasteiger partial charge in [-0.3, -0.25) is 10.2 Å². The summed E-state index contributed by atoms with van der Waals surface area (Å²) in [6.45, 7) is 0.416. The zero-order chi connectivity index (χ0) is 28.4. The van der Waals surface area contributed by atoms with Crippen molar-refractivity contribution in [1.82, 2.24) is 9.88 Å². The lowest BCUT2D eigenvalue weighted by molar-refractivity contribution is 0.0865. The number of fused-ring (bicyclic) bond motifs is 2. The Bertz CT molecular complexity index is 1740. The maximum Gasteiger partial charge on any atom is 0.269 e. The fraction of sp³-hybridized carbons (Fsp3) is 0.212. The number of nitrogen functional groups attached to an aromatic ring is 1. The second kappa shape index (κ2) is 11.3. The standard InChI is InChI=1S/C33H33N5O2S/c34-31(35)24-14-13-23-19-30(32(39)37-33(36)15-7-2-8-16-33)38(29(23)20-24)21-25-18-26(17-22-9-5-6-12-28(22)25)40-41-27-10-3-1-4-11-27/h1,3-6,9-14,17-20H,2,7-8,15-16,21,36H2,(H3,34,35)(H,37,39). The summed E-state index contributed by atoms with van der Waals surface area (Å²) in [6.07, 6.45) is 4.66. The number of benzene rings is 4. The van der Waals surface area contributed by atoms with Crippen LogP contribution in [0.15, 0.2) is 95.9 Å². The minimum Gasteiger partial charge on any atom is -0.421 e. The van der Waals surface area contributed by atoms with Crippen LogP contribution in [-0.4, -0.2) is 22.0 Å². The van der Waals surface area contributed by atoms with Gasteiger partial charge in [-0.2, -0.15) is 0 Å². The Morgan fingerprint density at radius 3 is 2.46 bits per heavy atom. The highest BCUT2D eigenvalue weighted by atomic mass is 32.2. The first-order chi connectivity index (χ1) is 19.9. The van der Waals surface area contributed by atoms with Gasteiger partial charge in [0.2, 0.25) is 0 Å². The maximum atomic E-state index is 13.8. The van der Waals surface area contributed by atoms with Gasteiger partial charge in [0.15, 0.2) is 0 Å². The van der Waals surface area contributed by atoms with Crippen molar-refractivity contribution in [1.29, 1.82) is 5.41 Å². The molecule has 1 aliphatic carbocycles. The van der Waals surface area contributed by atoms with Crippen LogP contribution in [0.5, 0.6) is 5.75 Å². The van der Waals surface area contributed by atoms with Gasteiger partial charge in [0.25, 0.3) is 5.91 Å². The molecule has 0 aliphatic heterocycles. The van der Waals surface area contributed by atoms with Crippen LogP contribution in [0.2, 0.25) is 0 Å². The molecule has 1 saturated carbocycles. The zero-order valence-corrected chi connectivity index (χ0v) is 23.5. The number of nitrogens with one attached hydrogen (secondary N) is 2. The monoisotopic (exact) mass is 563 g/mol. The van der Waals surface area contributed by atoms with Crippen molar-refractivity contribution in [3.8, 4) is 5.75 Å². The smallest absolute Gasteiger partial charge is 0.269 e. The van der Waals surface area contributed by atoms with Crippen LogP contribution in [0.25, 0.3) is 21.7 Å². The van der Waals surface area contributed by atoms with E-state index >= 15 is 0 Å². The van der Waals surface area contributed by atoms with E-state index in [1.165, 1.54) is 12.0 Å². The number of hydrogen-bond acceptors (Lipinski definition) is 5. The summed E-state index contributed by atoms with van der Waals surface area (Å²) < 4.78 is 8.16. The van der Waals surface area contributed by atoms with Crippen LogP contribution in [0.3, 0.4) is 0 Å². The first kappa shape index (κ1) is 26.9. The Morgan fingerprint density at radius 1 is 0.927 bits per heavy atom. The van der Waals surface area contributed by atoms with Crippen LogP contribution in [0.4, 0.5) is 0 Å². The molecule has 1 aliphatic rings. The molecule has 7 nitrogen and oxygen atoms in total. The van der Waals surface area contributed by atoms with E-state index in [0.717, 1.165) is 70.0 Å². The highest BCUT2D eigenvalue weighted by molar-refractivity contribution is 7.95. The Kier molecular flexibility index (Phi) is 7.43. The third-order valence-corrected chi connectivity index (χ3v) is 8.52. The normalized spacial score (nSPS) is 14.7. The molecule has 1 fully saturated rings. The average Bonchev–Trinajstić information content (AvgIpc) is 3.34. The molecule has 0 bridgehead atoms. The number of aromatic nitrogens is 1. The van der Waals surface area contributed by atoms with E-state index in [1.54, 1.807) is 0 Å². The fourth-order valence-electron chi connectivity index (χ4n) is 5.66. The molecule has 6 N–H and O–H groups in total. The predicted molar refractivity (Wildman–Crippen MR) is 166 cm³/mol. The largest absolute Gasteiger partial charge is 0.421 e. The lowest BCUT2D eigenvalue weighted by Gasteiger charge is -2.34. The summed E-state index contributed by atoms with van der Waals surface area (Å²) in [4.78, 5) is 14.8. The Hall–Kier alpha value is -4.27. The highest BCUT2D eigenvalue weighted by Gasteiger charge is 2.30. The van der Waals surface area contributed by atoms with Gasteiger partial charge in [-0.1, -0.05) is 61.0 Å². The van der Waals surface area contributed by atoms with Crippen LogP contribution in [0, 0.1) is 5.41 Å². The molecule has 1 aromatic heterocycles. The van der Waals surface area contributed by atoms with E-state index in [0.29, 0.717) is 17.8 Å². The minimum absolute atomic E-state index is 0.0208.